The Bertz CT molecular complexity index is 1070. The van der Waals surface area contributed by atoms with Crippen LogP contribution in [0.2, 0.25) is 0 Å². The smallest absolute Gasteiger partial charge is 0.254 e. The monoisotopic (exact) mass is 448 g/mol. The molecule has 1 aliphatic rings. The number of hydrogen-bond donors (Lipinski definition) is 0. The molecule has 0 spiro atoms. The number of thioether (sulfide) groups is 1. The minimum Gasteiger partial charge on any atom is -0.339 e. The Labute approximate surface area is 192 Å². The minimum atomic E-state index is -0.103. The van der Waals surface area contributed by atoms with Gasteiger partial charge in [0.25, 0.3) is 5.56 Å². The number of benzene rings is 2. The number of carbonyl (C=O) groups excluding carboxylic acids is 1. The molecule has 6 nitrogen and oxygen atoms in total. The normalized spacial score (nSPS) is 14.7. The Balaban J connectivity index is 1.40. The average molecular weight is 449 g/mol. The lowest BCUT2D eigenvalue weighted by Crippen LogP contribution is -2.50. The lowest BCUT2D eigenvalue weighted by molar-refractivity contribution is -0.130. The predicted octanol–water partition coefficient (Wildman–Crippen LogP) is 3.11. The minimum absolute atomic E-state index is 0.0846. The molecular weight excluding hydrogens is 420 g/mol. The summed E-state index contributed by atoms with van der Waals surface area (Å²) in [7, 11) is 1.69. The Kier molecular flexibility index (Phi) is 7.07. The summed E-state index contributed by atoms with van der Waals surface area (Å²) >= 11 is 1.33. The van der Waals surface area contributed by atoms with Crippen molar-refractivity contribution < 1.29 is 4.79 Å². The predicted molar refractivity (Wildman–Crippen MR) is 128 cm³/mol. The molecule has 4 rings (SSSR count). The number of amides is 1. The molecule has 1 amide bonds. The molecule has 1 saturated heterocycles. The van der Waals surface area contributed by atoms with Crippen molar-refractivity contribution in [3.63, 3.8) is 0 Å². The van der Waals surface area contributed by atoms with Crippen molar-refractivity contribution in [3.8, 4) is 0 Å². The van der Waals surface area contributed by atoms with E-state index in [1.54, 1.807) is 14.0 Å². The van der Waals surface area contributed by atoms with E-state index in [1.807, 2.05) is 17.0 Å². The molecule has 2 heterocycles. The fourth-order valence-electron chi connectivity index (χ4n) is 4.09. The molecule has 0 radical (unpaired) electrons. The summed E-state index contributed by atoms with van der Waals surface area (Å²) in [5.74, 6) is 0.367. The Morgan fingerprint density at radius 3 is 2.09 bits per heavy atom. The molecule has 1 aliphatic heterocycles. The second-order valence-electron chi connectivity index (χ2n) is 8.01. The maximum Gasteiger partial charge on any atom is 0.254 e. The molecule has 0 N–H and O–H groups in total. The first-order valence-corrected chi connectivity index (χ1v) is 11.8. The summed E-state index contributed by atoms with van der Waals surface area (Å²) in [4.78, 5) is 33.6. The lowest BCUT2D eigenvalue weighted by atomic mass is 9.96. The van der Waals surface area contributed by atoms with Crippen LogP contribution >= 0.6 is 11.8 Å². The van der Waals surface area contributed by atoms with Crippen molar-refractivity contribution >= 4 is 17.7 Å². The van der Waals surface area contributed by atoms with E-state index >= 15 is 0 Å². The van der Waals surface area contributed by atoms with Crippen molar-refractivity contribution in [2.45, 2.75) is 18.1 Å². The third-order valence-electron chi connectivity index (χ3n) is 5.81. The number of aromatic nitrogens is 2. The number of hydrogen-bond acceptors (Lipinski definition) is 5. The zero-order valence-electron chi connectivity index (χ0n) is 18.5. The summed E-state index contributed by atoms with van der Waals surface area (Å²) in [5.41, 5.74) is 3.10. The molecule has 1 fully saturated rings. The van der Waals surface area contributed by atoms with Gasteiger partial charge in [0.15, 0.2) is 5.16 Å². The first-order chi connectivity index (χ1) is 15.5. The summed E-state index contributed by atoms with van der Waals surface area (Å²) in [6.07, 6.45) is 0. The third kappa shape index (κ3) is 5.11. The zero-order chi connectivity index (χ0) is 22.5. The van der Waals surface area contributed by atoms with Gasteiger partial charge in [-0.25, -0.2) is 4.98 Å². The Morgan fingerprint density at radius 2 is 1.53 bits per heavy atom. The van der Waals surface area contributed by atoms with Crippen LogP contribution in [0.4, 0.5) is 0 Å². The van der Waals surface area contributed by atoms with Crippen LogP contribution in [0.1, 0.15) is 22.9 Å². The Morgan fingerprint density at radius 1 is 0.969 bits per heavy atom. The van der Waals surface area contributed by atoms with E-state index in [4.69, 9.17) is 0 Å². The molecule has 0 atom stereocenters. The van der Waals surface area contributed by atoms with Gasteiger partial charge in [-0.2, -0.15) is 0 Å². The van der Waals surface area contributed by atoms with Gasteiger partial charge < -0.3 is 4.90 Å². The third-order valence-corrected chi connectivity index (χ3v) is 6.82. The van der Waals surface area contributed by atoms with Crippen LogP contribution in [0.3, 0.4) is 0 Å². The van der Waals surface area contributed by atoms with Crippen LogP contribution < -0.4 is 5.56 Å². The summed E-state index contributed by atoms with van der Waals surface area (Å²) in [6, 6.07) is 22.8. The van der Waals surface area contributed by atoms with Crippen molar-refractivity contribution in [2.24, 2.45) is 7.05 Å². The van der Waals surface area contributed by atoms with Crippen LogP contribution in [-0.2, 0) is 11.8 Å². The van der Waals surface area contributed by atoms with Gasteiger partial charge in [0.2, 0.25) is 5.91 Å². The molecule has 2 aromatic carbocycles. The van der Waals surface area contributed by atoms with Gasteiger partial charge in [-0.15, -0.1) is 0 Å². The van der Waals surface area contributed by atoms with Crippen molar-refractivity contribution in [2.75, 3.05) is 31.9 Å². The maximum atomic E-state index is 12.8. The second-order valence-corrected chi connectivity index (χ2v) is 8.95. The number of nitrogens with zero attached hydrogens (tertiary/aromatic N) is 4. The second kappa shape index (κ2) is 10.1. The highest BCUT2D eigenvalue weighted by Crippen LogP contribution is 2.29. The van der Waals surface area contributed by atoms with Gasteiger partial charge in [0.05, 0.1) is 11.8 Å². The van der Waals surface area contributed by atoms with E-state index in [0.717, 1.165) is 13.1 Å². The quantitative estimate of drug-likeness (QED) is 0.428. The van der Waals surface area contributed by atoms with Crippen LogP contribution in [0.5, 0.6) is 0 Å². The van der Waals surface area contributed by atoms with E-state index in [1.165, 1.54) is 33.5 Å². The van der Waals surface area contributed by atoms with E-state index in [0.29, 0.717) is 23.9 Å². The molecule has 0 saturated carbocycles. The fourth-order valence-corrected chi connectivity index (χ4v) is 5.02. The highest BCUT2D eigenvalue weighted by molar-refractivity contribution is 7.99. The topological polar surface area (TPSA) is 58.4 Å². The standard InChI is InChI=1S/C25H28N4O2S/c1-19-17-22(30)27(2)25(26-19)32-18-23(31)28-13-15-29(16-14-28)24(20-9-5-3-6-10-20)21-11-7-4-8-12-21/h3-12,17,24H,13-16,18H2,1-2H3. The number of rotatable bonds is 6. The van der Waals surface area contributed by atoms with Crippen LogP contribution in [0.25, 0.3) is 0 Å². The molecule has 0 bridgehead atoms. The van der Waals surface area contributed by atoms with E-state index in [2.05, 4.69) is 58.4 Å². The maximum absolute atomic E-state index is 12.8. The summed E-state index contributed by atoms with van der Waals surface area (Å²) < 4.78 is 1.49. The fraction of sp³-hybridized carbons (Fsp3) is 0.320. The molecule has 3 aromatic rings. The molecule has 0 unspecified atom stereocenters. The summed E-state index contributed by atoms with van der Waals surface area (Å²) in [6.45, 7) is 4.80. The number of carbonyl (C=O) groups is 1. The summed E-state index contributed by atoms with van der Waals surface area (Å²) in [5, 5.41) is 0.579. The average Bonchev–Trinajstić information content (AvgIpc) is 2.82. The molecule has 166 valence electrons. The van der Waals surface area contributed by atoms with Crippen molar-refractivity contribution in [3.05, 3.63) is 93.9 Å². The first-order valence-electron chi connectivity index (χ1n) is 10.8. The highest BCUT2D eigenvalue weighted by Gasteiger charge is 2.28. The SMILES string of the molecule is Cc1cc(=O)n(C)c(SCC(=O)N2CCN(C(c3ccccc3)c3ccccc3)CC2)n1. The van der Waals surface area contributed by atoms with Gasteiger partial charge in [0, 0.05) is 45.0 Å². The van der Waals surface area contributed by atoms with E-state index in [-0.39, 0.29) is 23.3 Å². The van der Waals surface area contributed by atoms with Gasteiger partial charge in [-0.1, -0.05) is 72.4 Å². The zero-order valence-corrected chi connectivity index (χ0v) is 19.3. The van der Waals surface area contributed by atoms with Gasteiger partial charge in [0.1, 0.15) is 0 Å². The Hall–Kier alpha value is -2.90. The highest BCUT2D eigenvalue weighted by atomic mass is 32.2. The molecule has 1 aromatic heterocycles. The molecule has 7 heteroatoms. The largest absolute Gasteiger partial charge is 0.339 e. The van der Waals surface area contributed by atoms with Crippen molar-refractivity contribution in [1.82, 2.24) is 19.4 Å². The number of piperazine rings is 1. The van der Waals surface area contributed by atoms with Crippen molar-refractivity contribution in [1.29, 1.82) is 0 Å². The van der Waals surface area contributed by atoms with E-state index < -0.39 is 0 Å². The van der Waals surface area contributed by atoms with Gasteiger partial charge in [-0.3, -0.25) is 19.1 Å². The van der Waals surface area contributed by atoms with Gasteiger partial charge >= 0.3 is 0 Å². The molecular formula is C25H28N4O2S. The van der Waals surface area contributed by atoms with Crippen LogP contribution in [-0.4, -0.2) is 57.2 Å². The first kappa shape index (κ1) is 22.3. The number of aryl methyl sites for hydroxylation is 1. The van der Waals surface area contributed by atoms with E-state index in [9.17, 15) is 9.59 Å². The van der Waals surface area contributed by atoms with Crippen LogP contribution in [0, 0.1) is 6.92 Å². The lowest BCUT2D eigenvalue weighted by Gasteiger charge is -2.39. The van der Waals surface area contributed by atoms with Crippen LogP contribution in [0.15, 0.2) is 76.7 Å². The van der Waals surface area contributed by atoms with Gasteiger partial charge in [-0.05, 0) is 18.1 Å². The molecule has 0 aliphatic carbocycles. The molecule has 32 heavy (non-hydrogen) atoms.